The van der Waals surface area contributed by atoms with Gasteiger partial charge < -0.3 is 10.8 Å². The molecule has 1 saturated carbocycles. The first-order chi connectivity index (χ1) is 7.03. The van der Waals surface area contributed by atoms with E-state index in [1.54, 1.807) is 0 Å². The Bertz CT molecular complexity index is 179. The van der Waals surface area contributed by atoms with E-state index in [1.807, 2.05) is 0 Å². The van der Waals surface area contributed by atoms with Crippen LogP contribution < -0.4 is 5.73 Å². The van der Waals surface area contributed by atoms with Crippen molar-refractivity contribution in [2.45, 2.75) is 58.5 Å². The van der Waals surface area contributed by atoms with Gasteiger partial charge in [0.2, 0.25) is 0 Å². The predicted octanol–water partition coefficient (Wildman–Crippen LogP) is 2.55. The molecule has 3 N–H and O–H groups in total. The zero-order chi connectivity index (χ0) is 11.5. The second kappa shape index (κ2) is 5.31. The minimum atomic E-state index is -0.463. The maximum atomic E-state index is 10.6. The highest BCUT2D eigenvalue weighted by Gasteiger charge is 2.38. The molecule has 0 aromatic carbocycles. The van der Waals surface area contributed by atoms with Crippen molar-refractivity contribution in [2.75, 3.05) is 6.54 Å². The Labute approximate surface area is 94.2 Å². The summed E-state index contributed by atoms with van der Waals surface area (Å²) >= 11 is 0. The third-order valence-electron chi connectivity index (χ3n) is 4.38. The maximum Gasteiger partial charge on any atom is 0.0688 e. The molecule has 0 saturated heterocycles. The number of hydrogen-bond acceptors (Lipinski definition) is 2. The van der Waals surface area contributed by atoms with Crippen LogP contribution in [0.5, 0.6) is 0 Å². The van der Waals surface area contributed by atoms with Crippen molar-refractivity contribution >= 4 is 0 Å². The Morgan fingerprint density at radius 3 is 2.20 bits per heavy atom. The van der Waals surface area contributed by atoms with Crippen LogP contribution in [0.2, 0.25) is 0 Å². The van der Waals surface area contributed by atoms with Gasteiger partial charge in [-0.15, -0.1) is 0 Å². The highest BCUT2D eigenvalue weighted by atomic mass is 16.3. The average molecular weight is 213 g/mol. The fourth-order valence-electron chi connectivity index (χ4n) is 2.98. The van der Waals surface area contributed by atoms with Gasteiger partial charge >= 0.3 is 0 Å². The van der Waals surface area contributed by atoms with Crippen LogP contribution in [0.15, 0.2) is 0 Å². The minimum absolute atomic E-state index is 0.297. The summed E-state index contributed by atoms with van der Waals surface area (Å²) < 4.78 is 0. The van der Waals surface area contributed by atoms with Crippen LogP contribution in [0.4, 0.5) is 0 Å². The largest absolute Gasteiger partial charge is 0.390 e. The molecule has 1 aliphatic rings. The fourth-order valence-corrected chi connectivity index (χ4v) is 2.98. The van der Waals surface area contributed by atoms with Gasteiger partial charge in [-0.25, -0.2) is 0 Å². The molecule has 0 radical (unpaired) electrons. The van der Waals surface area contributed by atoms with Gasteiger partial charge in [0.15, 0.2) is 0 Å². The van der Waals surface area contributed by atoms with Gasteiger partial charge in [-0.3, -0.25) is 0 Å². The minimum Gasteiger partial charge on any atom is -0.390 e. The summed E-state index contributed by atoms with van der Waals surface area (Å²) in [4.78, 5) is 0. The van der Waals surface area contributed by atoms with Crippen molar-refractivity contribution in [1.29, 1.82) is 0 Å². The monoisotopic (exact) mass is 213 g/mol. The molecule has 0 aromatic rings. The Kier molecular flexibility index (Phi) is 4.60. The topological polar surface area (TPSA) is 46.2 Å². The molecule has 1 unspecified atom stereocenters. The summed E-state index contributed by atoms with van der Waals surface area (Å²) in [6.07, 6.45) is 5.24. The summed E-state index contributed by atoms with van der Waals surface area (Å²) in [5, 5.41) is 10.6. The van der Waals surface area contributed by atoms with Crippen molar-refractivity contribution in [3.05, 3.63) is 0 Å². The van der Waals surface area contributed by atoms with E-state index < -0.39 is 5.60 Å². The van der Waals surface area contributed by atoms with Crippen molar-refractivity contribution in [2.24, 2.45) is 23.5 Å². The first-order valence-electron chi connectivity index (χ1n) is 6.46. The van der Waals surface area contributed by atoms with Crippen molar-refractivity contribution < 1.29 is 5.11 Å². The summed E-state index contributed by atoms with van der Waals surface area (Å²) in [7, 11) is 0. The number of aliphatic hydroxyl groups is 1. The Morgan fingerprint density at radius 1 is 1.33 bits per heavy atom. The molecule has 1 fully saturated rings. The van der Waals surface area contributed by atoms with Gasteiger partial charge in [-0.1, -0.05) is 20.8 Å². The smallest absolute Gasteiger partial charge is 0.0688 e. The predicted molar refractivity (Wildman–Crippen MR) is 64.6 cm³/mol. The van der Waals surface area contributed by atoms with Crippen LogP contribution in [0.1, 0.15) is 52.9 Å². The molecule has 2 heteroatoms. The van der Waals surface area contributed by atoms with E-state index in [9.17, 15) is 5.11 Å². The summed E-state index contributed by atoms with van der Waals surface area (Å²) in [5.74, 6) is 1.86. The standard InChI is InChI=1S/C13H27NO/c1-4-12(9-14)13(15)7-5-11(6-8-13)10(2)3/h10-12,15H,4-9,14H2,1-3H3. The Hall–Kier alpha value is -0.0800. The second-order valence-corrected chi connectivity index (χ2v) is 5.53. The van der Waals surface area contributed by atoms with E-state index in [4.69, 9.17) is 5.73 Å². The van der Waals surface area contributed by atoms with E-state index in [-0.39, 0.29) is 0 Å². The highest BCUT2D eigenvalue weighted by molar-refractivity contribution is 4.91. The number of rotatable bonds is 4. The van der Waals surface area contributed by atoms with Crippen LogP contribution >= 0.6 is 0 Å². The molecule has 1 rings (SSSR count). The van der Waals surface area contributed by atoms with E-state index >= 15 is 0 Å². The zero-order valence-corrected chi connectivity index (χ0v) is 10.5. The first-order valence-corrected chi connectivity index (χ1v) is 6.46. The van der Waals surface area contributed by atoms with Crippen LogP contribution in [0.25, 0.3) is 0 Å². The maximum absolute atomic E-state index is 10.6. The van der Waals surface area contributed by atoms with Gasteiger partial charge in [0.1, 0.15) is 0 Å². The molecule has 2 nitrogen and oxygen atoms in total. The van der Waals surface area contributed by atoms with E-state index in [2.05, 4.69) is 20.8 Å². The third-order valence-corrected chi connectivity index (χ3v) is 4.38. The molecule has 0 heterocycles. The number of hydrogen-bond donors (Lipinski definition) is 2. The van der Waals surface area contributed by atoms with E-state index in [0.717, 1.165) is 31.1 Å². The molecular weight excluding hydrogens is 186 g/mol. The molecule has 1 aliphatic carbocycles. The lowest BCUT2D eigenvalue weighted by Gasteiger charge is -2.42. The summed E-state index contributed by atoms with van der Waals surface area (Å²) in [6, 6.07) is 0. The second-order valence-electron chi connectivity index (χ2n) is 5.53. The molecular formula is C13H27NO. The van der Waals surface area contributed by atoms with Gasteiger partial charge in [0.05, 0.1) is 5.60 Å². The average Bonchev–Trinajstić information content (AvgIpc) is 2.19. The van der Waals surface area contributed by atoms with Crippen LogP contribution in [-0.4, -0.2) is 17.3 Å². The van der Waals surface area contributed by atoms with Crippen molar-refractivity contribution in [1.82, 2.24) is 0 Å². The molecule has 90 valence electrons. The van der Waals surface area contributed by atoms with Gasteiger partial charge in [0, 0.05) is 0 Å². The van der Waals surface area contributed by atoms with Gasteiger partial charge in [-0.05, 0) is 56.4 Å². The third kappa shape index (κ3) is 2.94. The van der Waals surface area contributed by atoms with E-state index in [1.165, 1.54) is 12.8 Å². The van der Waals surface area contributed by atoms with Crippen LogP contribution in [-0.2, 0) is 0 Å². The molecule has 0 spiro atoms. The summed E-state index contributed by atoms with van der Waals surface area (Å²) in [5.41, 5.74) is 5.27. The van der Waals surface area contributed by atoms with Gasteiger partial charge in [0.25, 0.3) is 0 Å². The van der Waals surface area contributed by atoms with Crippen LogP contribution in [0.3, 0.4) is 0 Å². The zero-order valence-electron chi connectivity index (χ0n) is 10.5. The normalized spacial score (nSPS) is 34.4. The molecule has 0 aromatic heterocycles. The van der Waals surface area contributed by atoms with Crippen LogP contribution in [0, 0.1) is 17.8 Å². The lowest BCUT2D eigenvalue weighted by atomic mass is 9.69. The molecule has 0 amide bonds. The van der Waals surface area contributed by atoms with Crippen molar-refractivity contribution in [3.63, 3.8) is 0 Å². The van der Waals surface area contributed by atoms with Gasteiger partial charge in [-0.2, -0.15) is 0 Å². The van der Waals surface area contributed by atoms with Crippen molar-refractivity contribution in [3.8, 4) is 0 Å². The first kappa shape index (κ1) is 13.0. The SMILES string of the molecule is CCC(CN)C1(O)CCC(C(C)C)CC1. The van der Waals surface area contributed by atoms with E-state index in [0.29, 0.717) is 12.5 Å². The Balaban J connectivity index is 2.53. The quantitative estimate of drug-likeness (QED) is 0.754. The highest BCUT2D eigenvalue weighted by Crippen LogP contribution is 2.40. The fraction of sp³-hybridized carbons (Fsp3) is 1.00. The molecule has 15 heavy (non-hydrogen) atoms. The molecule has 0 bridgehead atoms. The summed E-state index contributed by atoms with van der Waals surface area (Å²) in [6.45, 7) is 7.33. The molecule has 1 atom stereocenters. The Morgan fingerprint density at radius 2 is 1.87 bits per heavy atom. The number of nitrogens with two attached hydrogens (primary N) is 1. The lowest BCUT2D eigenvalue weighted by molar-refractivity contribution is -0.0616. The lowest BCUT2D eigenvalue weighted by Crippen LogP contribution is -2.45. The molecule has 0 aliphatic heterocycles.